The molecule has 0 aliphatic carbocycles. The second-order valence-electron chi connectivity index (χ2n) is 5.64. The summed E-state index contributed by atoms with van der Waals surface area (Å²) in [5.41, 5.74) is 0.299. The third-order valence-electron chi connectivity index (χ3n) is 3.89. The molecule has 0 saturated carbocycles. The first-order valence-electron chi connectivity index (χ1n) is 7.15. The second kappa shape index (κ2) is 6.72. The van der Waals surface area contributed by atoms with Crippen LogP contribution in [-0.2, 0) is 10.0 Å². The molecule has 0 unspecified atom stereocenters. The summed E-state index contributed by atoms with van der Waals surface area (Å²) < 4.78 is 36.1. The summed E-state index contributed by atoms with van der Waals surface area (Å²) in [5, 5.41) is 7.96. The first kappa shape index (κ1) is 16.2. The van der Waals surface area contributed by atoms with E-state index in [1.165, 1.54) is 25.0 Å². The molecule has 1 aromatic rings. The lowest BCUT2D eigenvalue weighted by molar-refractivity contribution is 0.199. The minimum absolute atomic E-state index is 0.212. The van der Waals surface area contributed by atoms with E-state index in [2.05, 4.69) is 17.1 Å². The van der Waals surface area contributed by atoms with E-state index in [1.54, 1.807) is 0 Å². The van der Waals surface area contributed by atoms with E-state index in [0.29, 0.717) is 12.2 Å². The average molecular weight is 315 g/mol. The smallest absolute Gasteiger partial charge is 0.238 e. The van der Waals surface area contributed by atoms with Gasteiger partial charge < -0.3 is 10.2 Å². The van der Waals surface area contributed by atoms with Crippen LogP contribution in [0.3, 0.4) is 0 Å². The van der Waals surface area contributed by atoms with Gasteiger partial charge in [-0.05, 0) is 50.0 Å². The average Bonchev–Trinajstić information content (AvgIpc) is 2.41. The Morgan fingerprint density at radius 3 is 2.62 bits per heavy atom. The standard InChI is InChI=1S/C14H22FN3O2S/c1-11-4-7-18(8-5-11)9-6-17-14-3-2-12(10-13(14)15)21(16,19)20/h2-3,10-11,17H,4-9H2,1H3,(H2,16,19,20). The zero-order valence-corrected chi connectivity index (χ0v) is 13.0. The van der Waals surface area contributed by atoms with Crippen molar-refractivity contribution in [2.24, 2.45) is 11.1 Å². The quantitative estimate of drug-likeness (QED) is 0.866. The number of benzene rings is 1. The Hall–Kier alpha value is -1.18. The molecule has 0 radical (unpaired) electrons. The van der Waals surface area contributed by atoms with Crippen LogP contribution in [-0.4, -0.2) is 39.5 Å². The van der Waals surface area contributed by atoms with E-state index in [1.807, 2.05) is 0 Å². The highest BCUT2D eigenvalue weighted by atomic mass is 32.2. The predicted octanol–water partition coefficient (Wildman–Crippen LogP) is 1.62. The van der Waals surface area contributed by atoms with Crippen LogP contribution in [0.2, 0.25) is 0 Å². The van der Waals surface area contributed by atoms with Crippen molar-refractivity contribution in [2.45, 2.75) is 24.7 Å². The molecular formula is C14H22FN3O2S. The number of halogens is 1. The highest BCUT2D eigenvalue weighted by molar-refractivity contribution is 7.89. The Bertz CT molecular complexity index is 584. The van der Waals surface area contributed by atoms with Gasteiger partial charge in [0.15, 0.2) is 0 Å². The second-order valence-corrected chi connectivity index (χ2v) is 7.20. The summed E-state index contributed by atoms with van der Waals surface area (Å²) in [5.74, 6) is 0.186. The van der Waals surface area contributed by atoms with Crippen LogP contribution < -0.4 is 10.5 Å². The van der Waals surface area contributed by atoms with E-state index in [9.17, 15) is 12.8 Å². The fourth-order valence-corrected chi connectivity index (χ4v) is 2.98. The minimum Gasteiger partial charge on any atom is -0.381 e. The highest BCUT2D eigenvalue weighted by Crippen LogP contribution is 2.19. The van der Waals surface area contributed by atoms with Crippen molar-refractivity contribution in [3.05, 3.63) is 24.0 Å². The number of nitrogens with zero attached hydrogens (tertiary/aromatic N) is 1. The fourth-order valence-electron chi connectivity index (χ4n) is 2.45. The van der Waals surface area contributed by atoms with E-state index in [4.69, 9.17) is 5.14 Å². The maximum absolute atomic E-state index is 13.8. The van der Waals surface area contributed by atoms with Crippen molar-refractivity contribution in [1.82, 2.24) is 4.90 Å². The number of primary sulfonamides is 1. The topological polar surface area (TPSA) is 75.4 Å². The zero-order chi connectivity index (χ0) is 15.5. The number of hydrogen-bond donors (Lipinski definition) is 2. The van der Waals surface area contributed by atoms with Gasteiger partial charge in [-0.15, -0.1) is 0 Å². The monoisotopic (exact) mass is 315 g/mol. The maximum atomic E-state index is 13.8. The lowest BCUT2D eigenvalue weighted by atomic mass is 9.99. The first-order valence-corrected chi connectivity index (χ1v) is 8.69. The molecule has 0 aromatic heterocycles. The van der Waals surface area contributed by atoms with Crippen LogP contribution in [0.15, 0.2) is 23.1 Å². The number of sulfonamides is 1. The maximum Gasteiger partial charge on any atom is 0.238 e. The van der Waals surface area contributed by atoms with E-state index < -0.39 is 15.8 Å². The summed E-state index contributed by atoms with van der Waals surface area (Å²) in [7, 11) is -3.86. The van der Waals surface area contributed by atoms with Gasteiger partial charge in [-0.25, -0.2) is 17.9 Å². The molecule has 0 spiro atoms. The third kappa shape index (κ3) is 4.66. The molecule has 3 N–H and O–H groups in total. The molecule has 0 bridgehead atoms. The molecule has 0 atom stereocenters. The Labute approximate surface area is 125 Å². The van der Waals surface area contributed by atoms with E-state index in [-0.39, 0.29) is 4.90 Å². The predicted molar refractivity (Wildman–Crippen MR) is 81.1 cm³/mol. The van der Waals surface area contributed by atoms with Gasteiger partial charge in [-0.2, -0.15) is 0 Å². The third-order valence-corrected chi connectivity index (χ3v) is 4.80. The van der Waals surface area contributed by atoms with E-state index >= 15 is 0 Å². The van der Waals surface area contributed by atoms with Gasteiger partial charge in [0.1, 0.15) is 5.82 Å². The number of nitrogens with two attached hydrogens (primary N) is 1. The van der Waals surface area contributed by atoms with Gasteiger partial charge in [0.25, 0.3) is 0 Å². The van der Waals surface area contributed by atoms with Crippen LogP contribution in [0, 0.1) is 11.7 Å². The van der Waals surface area contributed by atoms with Crippen molar-refractivity contribution in [3.63, 3.8) is 0 Å². The first-order chi connectivity index (χ1) is 9.86. The molecule has 21 heavy (non-hydrogen) atoms. The molecular weight excluding hydrogens is 293 g/mol. The van der Waals surface area contributed by atoms with E-state index in [0.717, 1.165) is 31.6 Å². The molecule has 1 aromatic carbocycles. The summed E-state index contributed by atoms with van der Waals surface area (Å²) >= 11 is 0. The Kier molecular flexibility index (Phi) is 5.18. The Balaban J connectivity index is 1.86. The Morgan fingerprint density at radius 1 is 1.38 bits per heavy atom. The van der Waals surface area contributed by atoms with Gasteiger partial charge in [0, 0.05) is 13.1 Å². The number of nitrogens with one attached hydrogen (secondary N) is 1. The molecule has 1 heterocycles. The molecule has 7 heteroatoms. The number of hydrogen-bond acceptors (Lipinski definition) is 4. The van der Waals surface area contributed by atoms with Gasteiger partial charge in [-0.1, -0.05) is 6.92 Å². The summed E-state index contributed by atoms with van der Waals surface area (Å²) in [6, 6.07) is 3.66. The Morgan fingerprint density at radius 2 is 2.05 bits per heavy atom. The minimum atomic E-state index is -3.86. The molecule has 1 aliphatic heterocycles. The van der Waals surface area contributed by atoms with Gasteiger partial charge in [-0.3, -0.25) is 0 Å². The summed E-state index contributed by atoms with van der Waals surface area (Å²) in [6.07, 6.45) is 2.41. The van der Waals surface area contributed by atoms with Crippen molar-refractivity contribution in [2.75, 3.05) is 31.5 Å². The summed E-state index contributed by atoms with van der Waals surface area (Å²) in [4.78, 5) is 2.14. The molecule has 1 fully saturated rings. The van der Waals surface area contributed by atoms with Crippen LogP contribution in [0.5, 0.6) is 0 Å². The van der Waals surface area contributed by atoms with Crippen molar-refractivity contribution < 1.29 is 12.8 Å². The van der Waals surface area contributed by atoms with Gasteiger partial charge >= 0.3 is 0 Å². The molecule has 1 aliphatic rings. The largest absolute Gasteiger partial charge is 0.381 e. The summed E-state index contributed by atoms with van der Waals surface area (Å²) in [6.45, 7) is 5.90. The molecule has 1 saturated heterocycles. The lowest BCUT2D eigenvalue weighted by Gasteiger charge is -2.30. The normalized spacial score (nSPS) is 17.9. The highest BCUT2D eigenvalue weighted by Gasteiger charge is 2.15. The van der Waals surface area contributed by atoms with Crippen molar-refractivity contribution in [1.29, 1.82) is 0 Å². The van der Waals surface area contributed by atoms with Crippen molar-refractivity contribution in [3.8, 4) is 0 Å². The molecule has 118 valence electrons. The molecule has 2 rings (SSSR count). The fraction of sp³-hybridized carbons (Fsp3) is 0.571. The van der Waals surface area contributed by atoms with Crippen LogP contribution >= 0.6 is 0 Å². The molecule has 5 nitrogen and oxygen atoms in total. The zero-order valence-electron chi connectivity index (χ0n) is 12.2. The van der Waals surface area contributed by atoms with Crippen molar-refractivity contribution >= 4 is 15.7 Å². The van der Waals surface area contributed by atoms with Gasteiger partial charge in [0.2, 0.25) is 10.0 Å². The van der Waals surface area contributed by atoms with Crippen LogP contribution in [0.25, 0.3) is 0 Å². The lowest BCUT2D eigenvalue weighted by Crippen LogP contribution is -2.36. The number of piperidine rings is 1. The number of anilines is 1. The molecule has 0 amide bonds. The SMILES string of the molecule is CC1CCN(CCNc2ccc(S(N)(=O)=O)cc2F)CC1. The van der Waals surface area contributed by atoms with Crippen LogP contribution in [0.4, 0.5) is 10.1 Å². The number of rotatable bonds is 5. The van der Waals surface area contributed by atoms with Gasteiger partial charge in [0.05, 0.1) is 10.6 Å². The van der Waals surface area contributed by atoms with Crippen LogP contribution in [0.1, 0.15) is 19.8 Å². The number of likely N-dealkylation sites (tertiary alicyclic amines) is 1.